The molecule has 0 amide bonds. The molecule has 0 atom stereocenters. The molecule has 216 valence electrons. The molecule has 0 radical (unpaired) electrons. The molecule has 5 aromatic rings. The number of aromatic amines is 1. The molecule has 0 unspecified atom stereocenters. The number of nitrogens with zero attached hydrogens (tertiary/aromatic N) is 1. The third-order valence-electron chi connectivity index (χ3n) is 6.67. The quantitative estimate of drug-likeness (QED) is 0.206. The number of methoxy groups -OCH3 is 4. The summed E-state index contributed by atoms with van der Waals surface area (Å²) in [6, 6.07) is 21.8. The minimum absolute atomic E-state index is 0.0147. The van der Waals surface area contributed by atoms with Crippen molar-refractivity contribution in [1.82, 2.24) is 10.2 Å². The zero-order chi connectivity index (χ0) is 29.9. The van der Waals surface area contributed by atoms with E-state index in [0.717, 1.165) is 5.56 Å². The molecular formula is C31H28N2O8S. The molecule has 0 bridgehead atoms. The summed E-state index contributed by atoms with van der Waals surface area (Å²) in [4.78, 5) is 13.5. The molecule has 0 saturated carbocycles. The van der Waals surface area contributed by atoms with E-state index in [1.807, 2.05) is 30.3 Å². The second-order valence-electron chi connectivity index (χ2n) is 9.08. The molecule has 1 N–H and O–H groups in total. The summed E-state index contributed by atoms with van der Waals surface area (Å²) in [5, 5.41) is 7.27. The second kappa shape index (κ2) is 11.8. The molecule has 5 rings (SSSR count). The minimum Gasteiger partial charge on any atom is -0.495 e. The van der Waals surface area contributed by atoms with Crippen molar-refractivity contribution in [3.63, 3.8) is 0 Å². The summed E-state index contributed by atoms with van der Waals surface area (Å²) in [5.41, 5.74) is 1.36. The van der Waals surface area contributed by atoms with Gasteiger partial charge in [-0.3, -0.25) is 9.89 Å². The number of carbonyl (C=O) groups is 1. The van der Waals surface area contributed by atoms with E-state index in [1.54, 1.807) is 18.2 Å². The predicted octanol–water partition coefficient (Wildman–Crippen LogP) is 5.24. The lowest BCUT2D eigenvalue weighted by Gasteiger charge is -2.13. The van der Waals surface area contributed by atoms with Crippen LogP contribution in [-0.2, 0) is 16.4 Å². The molecule has 42 heavy (non-hydrogen) atoms. The lowest BCUT2D eigenvalue weighted by atomic mass is 10.0. The highest BCUT2D eigenvalue weighted by molar-refractivity contribution is 7.91. The van der Waals surface area contributed by atoms with Crippen LogP contribution in [0.4, 0.5) is 0 Å². The summed E-state index contributed by atoms with van der Waals surface area (Å²) < 4.78 is 55.1. The topological polar surface area (TPSA) is 126 Å². The molecule has 0 fully saturated rings. The first-order valence-corrected chi connectivity index (χ1v) is 14.2. The lowest BCUT2D eigenvalue weighted by molar-refractivity contribution is 0.103. The fraction of sp³-hybridized carbons (Fsp3) is 0.161. The van der Waals surface area contributed by atoms with E-state index in [-0.39, 0.29) is 32.3 Å². The molecule has 0 aliphatic heterocycles. The van der Waals surface area contributed by atoms with E-state index in [9.17, 15) is 13.2 Å². The summed E-state index contributed by atoms with van der Waals surface area (Å²) in [6.45, 7) is 0.343. The van der Waals surface area contributed by atoms with Gasteiger partial charge < -0.3 is 23.7 Å². The first kappa shape index (κ1) is 28.5. The van der Waals surface area contributed by atoms with Crippen molar-refractivity contribution in [3.8, 4) is 28.7 Å². The lowest BCUT2D eigenvalue weighted by Crippen LogP contribution is -2.06. The Kier molecular flexibility index (Phi) is 8.03. The van der Waals surface area contributed by atoms with Gasteiger partial charge in [0.2, 0.25) is 21.4 Å². The summed E-state index contributed by atoms with van der Waals surface area (Å²) in [7, 11) is 1.60. The first-order chi connectivity index (χ1) is 20.3. The Hall–Kier alpha value is -5.03. The molecule has 0 aliphatic carbocycles. The molecule has 0 aliphatic rings. The maximum absolute atomic E-state index is 13.9. The fourth-order valence-electron chi connectivity index (χ4n) is 4.56. The number of rotatable bonds is 11. The van der Waals surface area contributed by atoms with Gasteiger partial charge in [0.25, 0.3) is 0 Å². The van der Waals surface area contributed by atoms with Crippen LogP contribution in [0.5, 0.6) is 28.7 Å². The summed E-state index contributed by atoms with van der Waals surface area (Å²) in [5.74, 6) is 1.08. The van der Waals surface area contributed by atoms with Gasteiger partial charge >= 0.3 is 0 Å². The number of fused-ring (bicyclic) bond motifs is 1. The van der Waals surface area contributed by atoms with Crippen molar-refractivity contribution in [1.29, 1.82) is 0 Å². The molecule has 1 aromatic heterocycles. The number of H-pyrrole nitrogens is 1. The van der Waals surface area contributed by atoms with Crippen molar-refractivity contribution in [2.75, 3.05) is 28.4 Å². The highest BCUT2D eigenvalue weighted by Crippen LogP contribution is 2.40. The van der Waals surface area contributed by atoms with Crippen molar-refractivity contribution in [3.05, 3.63) is 95.7 Å². The van der Waals surface area contributed by atoms with Gasteiger partial charge in [-0.15, -0.1) is 0 Å². The molecule has 11 heteroatoms. The number of nitrogens with one attached hydrogen (secondary N) is 1. The zero-order valence-corrected chi connectivity index (χ0v) is 24.2. The van der Waals surface area contributed by atoms with E-state index in [2.05, 4.69) is 10.2 Å². The Morgan fingerprint density at radius 3 is 2.02 bits per heavy atom. The predicted molar refractivity (Wildman–Crippen MR) is 155 cm³/mol. The van der Waals surface area contributed by atoms with Crippen LogP contribution < -0.4 is 23.7 Å². The standard InChI is InChI=1S/C31H28N2O8S/c1-37-24-15-14-23-27(29(34)20-16-25(38-2)30(40-4)26(17-20)39-3)32-33-28(23)31(24)42(35,36)22-12-10-21(11-13-22)41-18-19-8-6-5-7-9-19/h5-17H,18H2,1-4H3,(H,32,33). The molecular weight excluding hydrogens is 560 g/mol. The summed E-state index contributed by atoms with van der Waals surface area (Å²) in [6.07, 6.45) is 0. The number of benzene rings is 4. The van der Waals surface area contributed by atoms with Crippen LogP contribution in [-0.4, -0.2) is 52.8 Å². The van der Waals surface area contributed by atoms with Crippen LogP contribution in [0.1, 0.15) is 21.6 Å². The normalized spacial score (nSPS) is 11.2. The van der Waals surface area contributed by atoms with Gasteiger partial charge in [0.1, 0.15) is 34.2 Å². The van der Waals surface area contributed by atoms with Crippen molar-refractivity contribution >= 4 is 26.5 Å². The van der Waals surface area contributed by atoms with E-state index in [1.165, 1.54) is 58.8 Å². The van der Waals surface area contributed by atoms with Crippen molar-refractivity contribution in [2.45, 2.75) is 16.4 Å². The number of ketones is 1. The molecule has 0 spiro atoms. The summed E-state index contributed by atoms with van der Waals surface area (Å²) >= 11 is 0. The van der Waals surface area contributed by atoms with Gasteiger partial charge in [-0.25, -0.2) is 8.42 Å². The van der Waals surface area contributed by atoms with Crippen LogP contribution in [0.2, 0.25) is 0 Å². The maximum atomic E-state index is 13.9. The molecule has 10 nitrogen and oxygen atoms in total. The van der Waals surface area contributed by atoms with Crippen LogP contribution >= 0.6 is 0 Å². The average Bonchev–Trinajstić information content (AvgIpc) is 3.46. The van der Waals surface area contributed by atoms with E-state index < -0.39 is 15.6 Å². The Labute approximate surface area is 242 Å². The van der Waals surface area contributed by atoms with Gasteiger partial charge in [-0.2, -0.15) is 5.10 Å². The Morgan fingerprint density at radius 1 is 0.786 bits per heavy atom. The van der Waals surface area contributed by atoms with Gasteiger partial charge in [-0.1, -0.05) is 30.3 Å². The number of ether oxygens (including phenoxy) is 5. The van der Waals surface area contributed by atoms with Crippen molar-refractivity contribution < 1.29 is 36.9 Å². The Morgan fingerprint density at radius 2 is 1.43 bits per heavy atom. The van der Waals surface area contributed by atoms with Crippen LogP contribution in [0.25, 0.3) is 10.9 Å². The van der Waals surface area contributed by atoms with Crippen LogP contribution in [0.3, 0.4) is 0 Å². The van der Waals surface area contributed by atoms with Crippen LogP contribution in [0.15, 0.2) is 88.7 Å². The third-order valence-corrected chi connectivity index (χ3v) is 8.49. The fourth-order valence-corrected chi connectivity index (χ4v) is 6.12. The molecule has 1 heterocycles. The van der Waals surface area contributed by atoms with E-state index in [0.29, 0.717) is 35.0 Å². The Bertz CT molecular complexity index is 1820. The van der Waals surface area contributed by atoms with Gasteiger partial charge in [0, 0.05) is 10.9 Å². The smallest absolute Gasteiger partial charge is 0.212 e. The largest absolute Gasteiger partial charge is 0.495 e. The number of hydrogen-bond acceptors (Lipinski definition) is 9. The number of aromatic nitrogens is 2. The Balaban J connectivity index is 1.52. The van der Waals surface area contributed by atoms with Gasteiger partial charge in [-0.05, 0) is 54.1 Å². The number of sulfone groups is 1. The van der Waals surface area contributed by atoms with E-state index in [4.69, 9.17) is 23.7 Å². The molecule has 0 saturated heterocycles. The number of carbonyl (C=O) groups excluding carboxylic acids is 1. The molecule has 4 aromatic carbocycles. The SMILES string of the molecule is COc1cc(C(=O)c2[nH]nc3c(S(=O)(=O)c4ccc(OCc5ccccc5)cc4)c(OC)ccc23)cc(OC)c1OC. The van der Waals surface area contributed by atoms with E-state index >= 15 is 0 Å². The second-order valence-corrected chi connectivity index (χ2v) is 11.0. The first-order valence-electron chi connectivity index (χ1n) is 12.7. The highest BCUT2D eigenvalue weighted by atomic mass is 32.2. The van der Waals surface area contributed by atoms with Gasteiger partial charge in [0.15, 0.2) is 11.5 Å². The van der Waals surface area contributed by atoms with Crippen molar-refractivity contribution in [2.24, 2.45) is 0 Å². The van der Waals surface area contributed by atoms with Crippen LogP contribution in [0, 0.1) is 0 Å². The zero-order valence-electron chi connectivity index (χ0n) is 23.3. The third kappa shape index (κ3) is 5.21. The van der Waals surface area contributed by atoms with Gasteiger partial charge in [0.05, 0.1) is 33.3 Å². The monoisotopic (exact) mass is 588 g/mol. The average molecular weight is 589 g/mol. The maximum Gasteiger partial charge on any atom is 0.212 e. The number of hydrogen-bond donors (Lipinski definition) is 1. The highest BCUT2D eigenvalue weighted by Gasteiger charge is 2.29. The minimum atomic E-state index is -4.13.